The zero-order chi connectivity index (χ0) is 17.0. The molecule has 3 N–H and O–H groups in total. The third-order valence-corrected chi connectivity index (χ3v) is 3.78. The normalized spacial score (nSPS) is 18.6. The first-order valence-electron chi connectivity index (χ1n) is 7.18. The number of piperidine rings is 1. The van der Waals surface area contributed by atoms with Crippen molar-refractivity contribution >= 4 is 11.8 Å². The van der Waals surface area contributed by atoms with E-state index in [-0.39, 0.29) is 12.3 Å². The molecule has 9 heteroatoms. The van der Waals surface area contributed by atoms with Gasteiger partial charge in [0.1, 0.15) is 5.76 Å². The molecule has 2 heterocycles. The average molecular weight is 333 g/mol. The topological polar surface area (TPSA) is 88.6 Å². The van der Waals surface area contributed by atoms with Crippen LogP contribution in [0.25, 0.3) is 0 Å². The minimum atomic E-state index is -4.64. The van der Waals surface area contributed by atoms with Gasteiger partial charge in [0.2, 0.25) is 11.8 Å². The number of furan rings is 1. The van der Waals surface area contributed by atoms with Crippen molar-refractivity contribution in [1.82, 2.24) is 10.2 Å². The standard InChI is InChI=1S/C14H18F3N3O3/c15-14(16,17)12(10-2-1-7-23-10)19-13(22)9-3-5-20(6-4-9)8-11(18)21/h1-2,7,9,12H,3-6,8H2,(H2,18,21)(H,19,22). The lowest BCUT2D eigenvalue weighted by atomic mass is 9.95. The summed E-state index contributed by atoms with van der Waals surface area (Å²) in [5.41, 5.74) is 5.09. The van der Waals surface area contributed by atoms with E-state index in [1.165, 1.54) is 12.1 Å². The Morgan fingerprint density at radius 3 is 2.52 bits per heavy atom. The van der Waals surface area contributed by atoms with E-state index < -0.39 is 30.0 Å². The number of primary amides is 1. The monoisotopic (exact) mass is 333 g/mol. The van der Waals surface area contributed by atoms with Crippen LogP contribution in [-0.2, 0) is 9.59 Å². The van der Waals surface area contributed by atoms with E-state index >= 15 is 0 Å². The van der Waals surface area contributed by atoms with Crippen LogP contribution in [0.3, 0.4) is 0 Å². The first-order chi connectivity index (χ1) is 10.8. The second-order valence-electron chi connectivity index (χ2n) is 5.52. The lowest BCUT2D eigenvalue weighted by Gasteiger charge is -2.31. The Bertz CT molecular complexity index is 537. The van der Waals surface area contributed by atoms with Crippen molar-refractivity contribution < 1.29 is 27.2 Å². The van der Waals surface area contributed by atoms with Crippen LogP contribution in [0, 0.1) is 5.92 Å². The van der Waals surface area contributed by atoms with Crippen LogP contribution in [0.15, 0.2) is 22.8 Å². The molecule has 1 aliphatic rings. The van der Waals surface area contributed by atoms with E-state index in [2.05, 4.69) is 0 Å². The fourth-order valence-electron chi connectivity index (χ4n) is 2.60. The molecule has 1 saturated heterocycles. The van der Waals surface area contributed by atoms with E-state index in [0.717, 1.165) is 6.26 Å². The van der Waals surface area contributed by atoms with Crippen molar-refractivity contribution in [3.63, 3.8) is 0 Å². The summed E-state index contributed by atoms with van der Waals surface area (Å²) in [6.45, 7) is 0.975. The summed E-state index contributed by atoms with van der Waals surface area (Å²) in [7, 11) is 0. The highest BCUT2D eigenvalue weighted by atomic mass is 19.4. The van der Waals surface area contributed by atoms with Gasteiger partial charge in [0.05, 0.1) is 12.8 Å². The predicted octanol–water partition coefficient (Wildman–Crippen LogP) is 1.20. The van der Waals surface area contributed by atoms with Gasteiger partial charge in [-0.05, 0) is 38.1 Å². The molecule has 0 spiro atoms. The lowest BCUT2D eigenvalue weighted by Crippen LogP contribution is -2.46. The summed E-state index contributed by atoms with van der Waals surface area (Å²) in [6.07, 6.45) is -2.76. The summed E-state index contributed by atoms with van der Waals surface area (Å²) in [5, 5.41) is 2.02. The van der Waals surface area contributed by atoms with E-state index in [4.69, 9.17) is 10.2 Å². The average Bonchev–Trinajstić information content (AvgIpc) is 2.97. The highest BCUT2D eigenvalue weighted by Crippen LogP contribution is 2.33. The zero-order valence-electron chi connectivity index (χ0n) is 12.3. The quantitative estimate of drug-likeness (QED) is 0.847. The lowest BCUT2D eigenvalue weighted by molar-refractivity contribution is -0.168. The molecule has 1 fully saturated rings. The van der Waals surface area contributed by atoms with Crippen molar-refractivity contribution in [3.05, 3.63) is 24.2 Å². The Kier molecular flexibility index (Phi) is 5.30. The van der Waals surface area contributed by atoms with Crippen LogP contribution < -0.4 is 11.1 Å². The molecular weight excluding hydrogens is 315 g/mol. The summed E-state index contributed by atoms with van der Waals surface area (Å²) >= 11 is 0. The predicted molar refractivity (Wildman–Crippen MR) is 74.0 cm³/mol. The number of amides is 2. The summed E-state index contributed by atoms with van der Waals surface area (Å²) in [5.74, 6) is -2.01. The number of likely N-dealkylation sites (tertiary alicyclic amines) is 1. The van der Waals surface area contributed by atoms with Gasteiger partial charge in [0, 0.05) is 5.92 Å². The minimum absolute atomic E-state index is 0.0892. The van der Waals surface area contributed by atoms with E-state index in [9.17, 15) is 22.8 Å². The smallest absolute Gasteiger partial charge is 0.415 e. The van der Waals surface area contributed by atoms with E-state index in [0.29, 0.717) is 25.9 Å². The molecule has 0 bridgehead atoms. The second-order valence-corrected chi connectivity index (χ2v) is 5.52. The van der Waals surface area contributed by atoms with E-state index in [1.807, 2.05) is 5.32 Å². The number of carbonyl (C=O) groups is 2. The third-order valence-electron chi connectivity index (χ3n) is 3.78. The number of hydrogen-bond donors (Lipinski definition) is 2. The molecule has 0 aliphatic carbocycles. The van der Waals surface area contributed by atoms with Crippen LogP contribution >= 0.6 is 0 Å². The number of halogens is 3. The van der Waals surface area contributed by atoms with Crippen molar-refractivity contribution in [3.8, 4) is 0 Å². The molecule has 128 valence electrons. The Morgan fingerprint density at radius 1 is 1.39 bits per heavy atom. The molecule has 1 atom stereocenters. The SMILES string of the molecule is NC(=O)CN1CCC(C(=O)NC(c2ccco2)C(F)(F)F)CC1. The Morgan fingerprint density at radius 2 is 2.04 bits per heavy atom. The van der Waals surface area contributed by atoms with Gasteiger partial charge in [-0.15, -0.1) is 0 Å². The summed E-state index contributed by atoms with van der Waals surface area (Å²) in [6, 6.07) is 0.352. The van der Waals surface area contributed by atoms with Gasteiger partial charge in [-0.2, -0.15) is 13.2 Å². The van der Waals surface area contributed by atoms with Gasteiger partial charge in [-0.25, -0.2) is 0 Å². The fourth-order valence-corrected chi connectivity index (χ4v) is 2.60. The highest BCUT2D eigenvalue weighted by Gasteiger charge is 2.44. The van der Waals surface area contributed by atoms with Gasteiger partial charge >= 0.3 is 6.18 Å². The molecule has 1 unspecified atom stereocenters. The van der Waals surface area contributed by atoms with Crippen molar-refractivity contribution in [1.29, 1.82) is 0 Å². The zero-order valence-corrected chi connectivity index (χ0v) is 12.3. The maximum absolute atomic E-state index is 13.1. The Labute approximate surface area is 130 Å². The van der Waals surface area contributed by atoms with Gasteiger partial charge < -0.3 is 15.5 Å². The van der Waals surface area contributed by atoms with Gasteiger partial charge in [-0.3, -0.25) is 14.5 Å². The maximum atomic E-state index is 13.1. The number of nitrogens with one attached hydrogen (secondary N) is 1. The van der Waals surface area contributed by atoms with Crippen molar-refractivity contribution in [2.75, 3.05) is 19.6 Å². The number of alkyl halides is 3. The molecule has 0 radical (unpaired) electrons. The molecule has 23 heavy (non-hydrogen) atoms. The number of carbonyl (C=O) groups excluding carboxylic acids is 2. The fraction of sp³-hybridized carbons (Fsp3) is 0.571. The Balaban J connectivity index is 1.94. The van der Waals surface area contributed by atoms with E-state index in [1.54, 1.807) is 4.90 Å². The number of rotatable bonds is 5. The number of hydrogen-bond acceptors (Lipinski definition) is 4. The molecule has 6 nitrogen and oxygen atoms in total. The molecule has 2 amide bonds. The number of nitrogens with two attached hydrogens (primary N) is 1. The molecule has 1 aliphatic heterocycles. The largest absolute Gasteiger partial charge is 0.467 e. The summed E-state index contributed by atoms with van der Waals surface area (Å²) in [4.78, 5) is 24.7. The van der Waals surface area contributed by atoms with Gasteiger partial charge in [-0.1, -0.05) is 0 Å². The molecule has 1 aromatic heterocycles. The van der Waals surface area contributed by atoms with Gasteiger partial charge in [0.15, 0.2) is 6.04 Å². The second kappa shape index (κ2) is 7.03. The Hall–Kier alpha value is -2.03. The van der Waals surface area contributed by atoms with Crippen LogP contribution in [-0.4, -0.2) is 42.5 Å². The molecule has 2 rings (SSSR count). The highest BCUT2D eigenvalue weighted by molar-refractivity contribution is 5.79. The first-order valence-corrected chi connectivity index (χ1v) is 7.18. The molecule has 0 aromatic carbocycles. The van der Waals surface area contributed by atoms with Crippen molar-refractivity contribution in [2.24, 2.45) is 11.7 Å². The van der Waals surface area contributed by atoms with Crippen LogP contribution in [0.1, 0.15) is 24.6 Å². The van der Waals surface area contributed by atoms with Crippen LogP contribution in [0.5, 0.6) is 0 Å². The third kappa shape index (κ3) is 4.72. The molecule has 0 saturated carbocycles. The van der Waals surface area contributed by atoms with Crippen molar-refractivity contribution in [2.45, 2.75) is 25.1 Å². The molecular formula is C14H18F3N3O3. The number of nitrogens with zero attached hydrogens (tertiary/aromatic N) is 1. The first kappa shape index (κ1) is 17.3. The van der Waals surface area contributed by atoms with Crippen LogP contribution in [0.4, 0.5) is 13.2 Å². The maximum Gasteiger partial charge on any atom is 0.415 e. The summed E-state index contributed by atoms with van der Waals surface area (Å²) < 4.78 is 44.0. The molecule has 1 aromatic rings. The van der Waals surface area contributed by atoms with Gasteiger partial charge in [0.25, 0.3) is 0 Å². The minimum Gasteiger partial charge on any atom is -0.467 e. The van der Waals surface area contributed by atoms with Crippen LogP contribution in [0.2, 0.25) is 0 Å².